The van der Waals surface area contributed by atoms with Gasteiger partial charge in [-0.15, -0.1) is 6.42 Å². The first-order chi connectivity index (χ1) is 4.52. The first-order valence-corrected chi connectivity index (χ1v) is 4.43. The maximum Gasteiger partial charge on any atom is 0.115 e. The number of terminal acetylenes is 1. The highest BCUT2D eigenvalue weighted by molar-refractivity contribution is 7.99. The summed E-state index contributed by atoms with van der Waals surface area (Å²) in [5, 5.41) is 9.08. The average Bonchev–Trinajstić information content (AvgIpc) is 1.87. The topological polar surface area (TPSA) is 20.2 Å². The third-order valence-electron chi connectivity index (χ3n) is 1.43. The van der Waals surface area contributed by atoms with E-state index in [4.69, 9.17) is 11.5 Å². The maximum absolute atomic E-state index is 9.08. The molecule has 1 nitrogen and oxygen atoms in total. The summed E-state index contributed by atoms with van der Waals surface area (Å²) in [5.74, 6) is 2.30. The standard InChI is InChI=1S/C8H14OS/c1-5-7(9)6-8(2,3)10-4/h1,7,9H,6H2,2-4H3. The molecule has 2 heteroatoms. The molecular formula is C8H14OS. The lowest BCUT2D eigenvalue weighted by Crippen LogP contribution is -2.21. The molecule has 0 radical (unpaired) electrons. The van der Waals surface area contributed by atoms with Crippen LogP contribution in [-0.4, -0.2) is 22.2 Å². The lowest BCUT2D eigenvalue weighted by atomic mass is 10.1. The van der Waals surface area contributed by atoms with Crippen LogP contribution in [0.1, 0.15) is 20.3 Å². The molecular weight excluding hydrogens is 144 g/mol. The molecule has 0 aliphatic rings. The van der Waals surface area contributed by atoms with E-state index in [0.717, 1.165) is 0 Å². The lowest BCUT2D eigenvalue weighted by molar-refractivity contribution is 0.211. The average molecular weight is 158 g/mol. The third kappa shape index (κ3) is 3.81. The van der Waals surface area contributed by atoms with Crippen LogP contribution in [0.25, 0.3) is 0 Å². The summed E-state index contributed by atoms with van der Waals surface area (Å²) in [6, 6.07) is 0. The van der Waals surface area contributed by atoms with E-state index in [0.29, 0.717) is 6.42 Å². The quantitative estimate of drug-likeness (QED) is 0.628. The van der Waals surface area contributed by atoms with Crippen molar-refractivity contribution < 1.29 is 5.11 Å². The van der Waals surface area contributed by atoms with Crippen molar-refractivity contribution in [1.82, 2.24) is 0 Å². The van der Waals surface area contributed by atoms with Gasteiger partial charge in [0.15, 0.2) is 0 Å². The van der Waals surface area contributed by atoms with Crippen LogP contribution in [0.2, 0.25) is 0 Å². The molecule has 1 N–H and O–H groups in total. The zero-order chi connectivity index (χ0) is 8.20. The molecule has 0 heterocycles. The first-order valence-electron chi connectivity index (χ1n) is 3.21. The SMILES string of the molecule is C#CC(O)CC(C)(C)SC. The largest absolute Gasteiger partial charge is 0.380 e. The molecule has 0 saturated heterocycles. The van der Waals surface area contributed by atoms with Gasteiger partial charge in [-0.1, -0.05) is 19.8 Å². The van der Waals surface area contributed by atoms with Crippen LogP contribution >= 0.6 is 11.8 Å². The van der Waals surface area contributed by atoms with E-state index < -0.39 is 6.10 Å². The molecule has 0 aromatic carbocycles. The van der Waals surface area contributed by atoms with E-state index in [-0.39, 0.29) is 4.75 Å². The van der Waals surface area contributed by atoms with Gasteiger partial charge < -0.3 is 5.11 Å². The van der Waals surface area contributed by atoms with Gasteiger partial charge in [0.25, 0.3) is 0 Å². The molecule has 0 aliphatic carbocycles. The molecule has 1 unspecified atom stereocenters. The highest BCUT2D eigenvalue weighted by Gasteiger charge is 2.19. The predicted octanol–water partition coefficient (Wildman–Crippen LogP) is 1.51. The Labute approximate surface area is 67.2 Å². The summed E-state index contributed by atoms with van der Waals surface area (Å²) < 4.78 is 0.0891. The minimum Gasteiger partial charge on any atom is -0.380 e. The molecule has 1 atom stereocenters. The van der Waals surface area contributed by atoms with E-state index in [9.17, 15) is 0 Å². The Morgan fingerprint density at radius 3 is 2.50 bits per heavy atom. The molecule has 0 spiro atoms. The van der Waals surface area contributed by atoms with Gasteiger partial charge in [-0.3, -0.25) is 0 Å². The molecule has 0 saturated carbocycles. The Morgan fingerprint density at radius 1 is 1.70 bits per heavy atom. The second kappa shape index (κ2) is 3.90. The fraction of sp³-hybridized carbons (Fsp3) is 0.750. The van der Waals surface area contributed by atoms with Gasteiger partial charge in [0.05, 0.1) is 0 Å². The van der Waals surface area contributed by atoms with Crippen LogP contribution in [-0.2, 0) is 0 Å². The third-order valence-corrected chi connectivity index (χ3v) is 2.70. The fourth-order valence-electron chi connectivity index (χ4n) is 0.608. The van der Waals surface area contributed by atoms with Crippen molar-refractivity contribution in [3.63, 3.8) is 0 Å². The van der Waals surface area contributed by atoms with Gasteiger partial charge in [0, 0.05) is 4.75 Å². The van der Waals surface area contributed by atoms with E-state index >= 15 is 0 Å². The fourth-order valence-corrected chi connectivity index (χ4v) is 0.932. The second-order valence-corrected chi connectivity index (χ2v) is 4.36. The van der Waals surface area contributed by atoms with Crippen LogP contribution in [0.5, 0.6) is 0 Å². The maximum atomic E-state index is 9.08. The van der Waals surface area contributed by atoms with Gasteiger partial charge in [-0.2, -0.15) is 11.8 Å². The van der Waals surface area contributed by atoms with Crippen LogP contribution < -0.4 is 0 Å². The minimum atomic E-state index is -0.595. The van der Waals surface area contributed by atoms with Crippen molar-refractivity contribution in [2.24, 2.45) is 0 Å². The van der Waals surface area contributed by atoms with Gasteiger partial charge in [-0.25, -0.2) is 0 Å². The molecule has 0 aromatic rings. The van der Waals surface area contributed by atoms with Gasteiger partial charge in [0.2, 0.25) is 0 Å². The van der Waals surface area contributed by atoms with Gasteiger partial charge >= 0.3 is 0 Å². The highest BCUT2D eigenvalue weighted by Crippen LogP contribution is 2.26. The lowest BCUT2D eigenvalue weighted by Gasteiger charge is -2.22. The summed E-state index contributed by atoms with van der Waals surface area (Å²) >= 11 is 1.72. The Hall–Kier alpha value is -0.130. The van der Waals surface area contributed by atoms with Crippen LogP contribution in [0.4, 0.5) is 0 Å². The summed E-state index contributed by atoms with van der Waals surface area (Å²) in [4.78, 5) is 0. The molecule has 0 amide bonds. The molecule has 58 valence electrons. The number of hydrogen-bond donors (Lipinski definition) is 1. The number of aliphatic hydroxyl groups excluding tert-OH is 1. The Balaban J connectivity index is 3.79. The van der Waals surface area contributed by atoms with Crippen molar-refractivity contribution >= 4 is 11.8 Å². The van der Waals surface area contributed by atoms with E-state index in [2.05, 4.69) is 19.8 Å². The summed E-state index contributed by atoms with van der Waals surface area (Å²) in [6.07, 6.45) is 7.10. The van der Waals surface area contributed by atoms with Crippen LogP contribution in [0, 0.1) is 12.3 Å². The molecule has 0 fully saturated rings. The van der Waals surface area contributed by atoms with Gasteiger partial charge in [0.1, 0.15) is 6.10 Å². The smallest absolute Gasteiger partial charge is 0.115 e. The molecule has 10 heavy (non-hydrogen) atoms. The minimum absolute atomic E-state index is 0.0891. The zero-order valence-electron chi connectivity index (χ0n) is 6.72. The number of aliphatic hydroxyl groups is 1. The van der Waals surface area contributed by atoms with Crippen molar-refractivity contribution in [2.45, 2.75) is 31.1 Å². The highest BCUT2D eigenvalue weighted by atomic mass is 32.2. The van der Waals surface area contributed by atoms with Crippen LogP contribution in [0.3, 0.4) is 0 Å². The normalized spacial score (nSPS) is 14.3. The zero-order valence-corrected chi connectivity index (χ0v) is 7.53. The van der Waals surface area contributed by atoms with Crippen molar-refractivity contribution in [1.29, 1.82) is 0 Å². The number of thioether (sulfide) groups is 1. The summed E-state index contributed by atoms with van der Waals surface area (Å²) in [6.45, 7) is 4.14. The predicted molar refractivity (Wildman–Crippen MR) is 47.1 cm³/mol. The van der Waals surface area contributed by atoms with Gasteiger partial charge in [-0.05, 0) is 12.7 Å². The summed E-state index contributed by atoms with van der Waals surface area (Å²) in [5.41, 5.74) is 0. The Kier molecular flexibility index (Phi) is 3.85. The van der Waals surface area contributed by atoms with Crippen molar-refractivity contribution in [2.75, 3.05) is 6.26 Å². The van der Waals surface area contributed by atoms with E-state index in [1.165, 1.54) is 0 Å². The van der Waals surface area contributed by atoms with Crippen molar-refractivity contribution in [3.05, 3.63) is 0 Å². The number of rotatable bonds is 3. The molecule has 0 aliphatic heterocycles. The monoisotopic (exact) mass is 158 g/mol. The van der Waals surface area contributed by atoms with Crippen molar-refractivity contribution in [3.8, 4) is 12.3 Å². The van der Waals surface area contributed by atoms with Crippen LogP contribution in [0.15, 0.2) is 0 Å². The summed E-state index contributed by atoms with van der Waals surface area (Å²) in [7, 11) is 0. The first kappa shape index (κ1) is 9.87. The molecule has 0 bridgehead atoms. The van der Waals surface area contributed by atoms with E-state index in [1.807, 2.05) is 6.26 Å². The molecule has 0 rings (SSSR count). The molecule has 0 aromatic heterocycles. The second-order valence-electron chi connectivity index (χ2n) is 2.85. The van der Waals surface area contributed by atoms with E-state index in [1.54, 1.807) is 11.8 Å². The Morgan fingerprint density at radius 2 is 2.20 bits per heavy atom. The number of hydrogen-bond acceptors (Lipinski definition) is 2. The Bertz CT molecular complexity index is 135.